The molecule has 0 saturated carbocycles. The van der Waals surface area contributed by atoms with Gasteiger partial charge in [0.1, 0.15) is 17.6 Å². The van der Waals surface area contributed by atoms with Gasteiger partial charge in [-0.25, -0.2) is 0 Å². The van der Waals surface area contributed by atoms with Crippen molar-refractivity contribution in [1.29, 1.82) is 0 Å². The van der Waals surface area contributed by atoms with Gasteiger partial charge < -0.3 is 24.4 Å². The molecular formula is C32H37ClN2O6. The van der Waals surface area contributed by atoms with Gasteiger partial charge in [0, 0.05) is 6.54 Å². The lowest BCUT2D eigenvalue weighted by molar-refractivity contribution is -0.160. The maximum Gasteiger partial charge on any atom is 0.312 e. The number of hydrogen-bond donors (Lipinski definition) is 1. The molecule has 3 saturated heterocycles. The molecule has 3 aliphatic rings. The predicted molar refractivity (Wildman–Crippen MR) is 155 cm³/mol. The number of aryl methyl sites for hydroxylation is 1. The highest BCUT2D eigenvalue weighted by Gasteiger charge is 2.79. The fourth-order valence-electron chi connectivity index (χ4n) is 7.30. The van der Waals surface area contributed by atoms with Crippen LogP contribution in [-0.4, -0.2) is 70.8 Å². The fraction of sp³-hybridized carbons (Fsp3) is 0.469. The minimum Gasteiger partial charge on any atom is -0.466 e. The van der Waals surface area contributed by atoms with Gasteiger partial charge in [-0.15, -0.1) is 6.58 Å². The Kier molecular flexibility index (Phi) is 8.03. The summed E-state index contributed by atoms with van der Waals surface area (Å²) >= 11 is 6.64. The maximum absolute atomic E-state index is 14.8. The van der Waals surface area contributed by atoms with Crippen LogP contribution in [0.4, 0.5) is 5.69 Å². The highest BCUT2D eigenvalue weighted by molar-refractivity contribution is 6.34. The molecule has 3 fully saturated rings. The lowest BCUT2D eigenvalue weighted by Crippen LogP contribution is -2.59. The van der Waals surface area contributed by atoms with E-state index >= 15 is 0 Å². The van der Waals surface area contributed by atoms with Gasteiger partial charge in [-0.2, -0.15) is 0 Å². The third-order valence-electron chi connectivity index (χ3n) is 8.94. The maximum atomic E-state index is 14.8. The molecular weight excluding hydrogens is 544 g/mol. The Balaban J connectivity index is 1.66. The molecule has 41 heavy (non-hydrogen) atoms. The minimum atomic E-state index is -1.26. The van der Waals surface area contributed by atoms with Crippen LogP contribution in [-0.2, 0) is 30.3 Å². The fourth-order valence-corrected chi connectivity index (χ4v) is 7.62. The van der Waals surface area contributed by atoms with E-state index in [2.05, 4.69) is 6.58 Å². The summed E-state index contributed by atoms with van der Waals surface area (Å²) in [7, 11) is 0. The second-order valence-electron chi connectivity index (χ2n) is 11.4. The van der Waals surface area contributed by atoms with Gasteiger partial charge >= 0.3 is 5.97 Å². The smallest absolute Gasteiger partial charge is 0.312 e. The second kappa shape index (κ2) is 11.2. The molecule has 0 radical (unpaired) electrons. The Morgan fingerprint density at radius 2 is 1.98 bits per heavy atom. The molecule has 218 valence electrons. The number of hydrogen-bond acceptors (Lipinski definition) is 6. The highest BCUT2D eigenvalue weighted by atomic mass is 35.5. The van der Waals surface area contributed by atoms with Crippen molar-refractivity contribution in [2.75, 3.05) is 24.7 Å². The van der Waals surface area contributed by atoms with Crippen LogP contribution in [0.5, 0.6) is 0 Å². The molecule has 5 rings (SSSR count). The van der Waals surface area contributed by atoms with Gasteiger partial charge in [0.2, 0.25) is 5.91 Å². The number of amides is 2. The first-order chi connectivity index (χ1) is 19.6. The van der Waals surface area contributed by atoms with Gasteiger partial charge in [0.25, 0.3) is 5.91 Å². The van der Waals surface area contributed by atoms with E-state index in [0.717, 1.165) is 11.1 Å². The topological polar surface area (TPSA) is 96.4 Å². The summed E-state index contributed by atoms with van der Waals surface area (Å²) in [4.78, 5) is 45.7. The average molecular weight is 581 g/mol. The lowest BCUT2D eigenvalue weighted by atomic mass is 9.66. The molecule has 8 nitrogen and oxygen atoms in total. The van der Waals surface area contributed by atoms with Crippen LogP contribution >= 0.6 is 11.6 Å². The molecule has 0 aromatic heterocycles. The standard InChI is InChI=1S/C32H37ClN2O6/c1-5-17-34(26-20(3)11-10-14-23(26)33)29(38)27-32-16-15-31(4,41-32)25(30(39)40-6-2)24(32)28(37)35(27)22(19-36)18-21-12-8-7-9-13-21/h5,7-14,22,24-25,27,36H,1,6,15-19H2,2-4H3/t22-,24+,25+,27?,31-,32?/m1/s1. The lowest BCUT2D eigenvalue weighted by Gasteiger charge is -2.40. The Labute approximate surface area is 245 Å². The Bertz CT molecular complexity index is 1330. The SMILES string of the molecule is C=CCN(C(=O)C1N([C@@H](CO)Cc2ccccc2)C(=O)[C@@H]2[C@@H](C(=O)OCC)[C@@]3(C)CCC12O3)c1c(C)cccc1Cl. The summed E-state index contributed by atoms with van der Waals surface area (Å²) in [6, 6.07) is 13.1. The molecule has 6 atom stereocenters. The number of halogens is 1. The van der Waals surface area contributed by atoms with Crippen molar-refractivity contribution >= 4 is 35.1 Å². The van der Waals surface area contributed by atoms with Gasteiger partial charge in [-0.3, -0.25) is 14.4 Å². The Morgan fingerprint density at radius 1 is 1.24 bits per heavy atom. The molecule has 3 aliphatic heterocycles. The predicted octanol–water partition coefficient (Wildman–Crippen LogP) is 4.10. The van der Waals surface area contributed by atoms with Crippen LogP contribution in [0.25, 0.3) is 0 Å². The number of aliphatic hydroxyl groups is 1. The van der Waals surface area contributed by atoms with Crippen molar-refractivity contribution < 1.29 is 29.0 Å². The van der Waals surface area contributed by atoms with Crippen LogP contribution in [0.1, 0.15) is 37.8 Å². The molecule has 0 aliphatic carbocycles. The van der Waals surface area contributed by atoms with Crippen molar-refractivity contribution in [2.45, 2.75) is 63.3 Å². The Morgan fingerprint density at radius 3 is 2.61 bits per heavy atom. The number of likely N-dealkylation sites (tertiary alicyclic amines) is 1. The molecule has 2 aromatic carbocycles. The number of anilines is 1. The van der Waals surface area contributed by atoms with Crippen LogP contribution < -0.4 is 4.90 Å². The third kappa shape index (κ3) is 4.66. The molecule has 1 spiro atoms. The number of fused-ring (bicyclic) bond motifs is 1. The van der Waals surface area contributed by atoms with Crippen molar-refractivity contribution in [1.82, 2.24) is 4.90 Å². The monoisotopic (exact) mass is 580 g/mol. The molecule has 3 heterocycles. The zero-order chi connectivity index (χ0) is 29.5. The van der Waals surface area contributed by atoms with Crippen LogP contribution in [0, 0.1) is 18.8 Å². The van der Waals surface area contributed by atoms with Crippen molar-refractivity contribution in [2.24, 2.45) is 11.8 Å². The zero-order valence-electron chi connectivity index (χ0n) is 23.7. The van der Waals surface area contributed by atoms with Crippen molar-refractivity contribution in [3.63, 3.8) is 0 Å². The highest BCUT2D eigenvalue weighted by Crippen LogP contribution is 2.64. The summed E-state index contributed by atoms with van der Waals surface area (Å²) in [6.45, 7) is 9.21. The molecule has 2 unspecified atom stereocenters. The van der Waals surface area contributed by atoms with Gasteiger partial charge in [-0.1, -0.05) is 60.1 Å². The Hall–Kier alpha value is -3.20. The van der Waals surface area contributed by atoms with Crippen LogP contribution in [0.15, 0.2) is 61.2 Å². The normalized spacial score (nSPS) is 28.9. The quantitative estimate of drug-likeness (QED) is 0.336. The number of rotatable bonds is 10. The zero-order valence-corrected chi connectivity index (χ0v) is 24.5. The number of ether oxygens (including phenoxy) is 2. The first-order valence-corrected chi connectivity index (χ1v) is 14.5. The van der Waals surface area contributed by atoms with Gasteiger partial charge in [-0.05, 0) is 57.2 Å². The van der Waals surface area contributed by atoms with Crippen molar-refractivity contribution in [3.05, 3.63) is 77.3 Å². The second-order valence-corrected chi connectivity index (χ2v) is 11.8. The number of para-hydroxylation sites is 1. The minimum absolute atomic E-state index is 0.143. The molecule has 1 N–H and O–H groups in total. The van der Waals surface area contributed by atoms with E-state index in [9.17, 15) is 19.5 Å². The van der Waals surface area contributed by atoms with E-state index in [1.807, 2.05) is 56.3 Å². The molecule has 2 bridgehead atoms. The third-order valence-corrected chi connectivity index (χ3v) is 9.25. The number of nitrogens with zero attached hydrogens (tertiary/aromatic N) is 2. The van der Waals surface area contributed by atoms with E-state index in [1.54, 1.807) is 24.0 Å². The first-order valence-electron chi connectivity index (χ1n) is 14.1. The van der Waals surface area contributed by atoms with E-state index < -0.39 is 47.0 Å². The summed E-state index contributed by atoms with van der Waals surface area (Å²) in [6.07, 6.45) is 2.84. The van der Waals surface area contributed by atoms with Gasteiger partial charge in [0.15, 0.2) is 0 Å². The van der Waals surface area contributed by atoms with Gasteiger partial charge in [0.05, 0.1) is 41.5 Å². The summed E-state index contributed by atoms with van der Waals surface area (Å²) in [5.41, 5.74) is 0.00174. The summed E-state index contributed by atoms with van der Waals surface area (Å²) in [5.74, 6) is -3.06. The average Bonchev–Trinajstić information content (AvgIpc) is 3.52. The van der Waals surface area contributed by atoms with Crippen molar-refractivity contribution in [3.8, 4) is 0 Å². The van der Waals surface area contributed by atoms with E-state index in [1.165, 1.54) is 4.90 Å². The van der Waals surface area contributed by atoms with E-state index in [0.29, 0.717) is 30.0 Å². The van der Waals surface area contributed by atoms with Crippen LogP contribution in [0.3, 0.4) is 0 Å². The van der Waals surface area contributed by atoms with Crippen LogP contribution in [0.2, 0.25) is 5.02 Å². The number of aliphatic hydroxyl groups excluding tert-OH is 1. The molecule has 9 heteroatoms. The molecule has 2 amide bonds. The largest absolute Gasteiger partial charge is 0.466 e. The number of benzene rings is 2. The first kappa shape index (κ1) is 29.3. The number of carbonyl (C=O) groups excluding carboxylic acids is 3. The summed E-state index contributed by atoms with van der Waals surface area (Å²) < 4.78 is 12.1. The summed E-state index contributed by atoms with van der Waals surface area (Å²) in [5, 5.41) is 11.1. The van der Waals surface area contributed by atoms with E-state index in [4.69, 9.17) is 21.1 Å². The number of esters is 1. The molecule has 2 aromatic rings. The number of carbonyl (C=O) groups is 3. The van der Waals surface area contributed by atoms with E-state index in [-0.39, 0.29) is 25.7 Å².